The lowest BCUT2D eigenvalue weighted by molar-refractivity contribution is -0.130. The molecule has 0 spiro atoms. The number of benzene rings is 1. The smallest absolute Gasteiger partial charge is 0.244 e. The summed E-state index contributed by atoms with van der Waals surface area (Å²) in [5.74, 6) is 0.818. The molecule has 0 saturated heterocycles. The van der Waals surface area contributed by atoms with E-state index in [1.54, 1.807) is 0 Å². The minimum atomic E-state index is 0. The molecule has 1 aliphatic rings. The normalized spacial score (nSPS) is 14.7. The number of nitrogens with one attached hydrogen (secondary N) is 2. The summed E-state index contributed by atoms with van der Waals surface area (Å²) < 4.78 is 0. The summed E-state index contributed by atoms with van der Waals surface area (Å²) in [4.78, 5) is 18.8. The lowest BCUT2D eigenvalue weighted by Gasteiger charge is -2.21. The summed E-state index contributed by atoms with van der Waals surface area (Å²) in [6, 6.07) is 10.6. The van der Waals surface area contributed by atoms with Crippen LogP contribution in [0.4, 0.5) is 0 Å². The molecule has 6 heteroatoms. The third kappa shape index (κ3) is 7.63. The van der Waals surface area contributed by atoms with Crippen molar-refractivity contribution < 1.29 is 4.79 Å². The number of halogens is 1. The minimum absolute atomic E-state index is 0. The van der Waals surface area contributed by atoms with Gasteiger partial charge in [0.05, 0.1) is 0 Å². The number of likely N-dealkylation sites (N-methyl/N-ethyl adjacent to an activating group) is 1. The molecule has 140 valence electrons. The Morgan fingerprint density at radius 1 is 1.20 bits per heavy atom. The van der Waals surface area contributed by atoms with Crippen LogP contribution in [0.15, 0.2) is 35.3 Å². The van der Waals surface area contributed by atoms with E-state index in [-0.39, 0.29) is 36.4 Å². The van der Waals surface area contributed by atoms with Crippen LogP contribution in [-0.4, -0.2) is 42.4 Å². The Kier molecular flexibility index (Phi) is 10.5. The fraction of sp³-hybridized carbons (Fsp3) is 0.579. The molecule has 25 heavy (non-hydrogen) atoms. The van der Waals surface area contributed by atoms with Crippen LogP contribution in [-0.2, 0) is 11.3 Å². The Labute approximate surface area is 168 Å². The highest BCUT2D eigenvalue weighted by Gasteiger charge is 2.17. The van der Waals surface area contributed by atoms with E-state index in [9.17, 15) is 4.79 Å². The Morgan fingerprint density at radius 2 is 1.88 bits per heavy atom. The van der Waals surface area contributed by atoms with Gasteiger partial charge in [0.2, 0.25) is 5.91 Å². The number of amides is 1. The van der Waals surface area contributed by atoms with Crippen LogP contribution in [0.2, 0.25) is 0 Å². The first-order valence-electron chi connectivity index (χ1n) is 9.09. The van der Waals surface area contributed by atoms with Crippen molar-refractivity contribution >= 4 is 35.8 Å². The van der Waals surface area contributed by atoms with Crippen molar-refractivity contribution in [2.24, 2.45) is 4.99 Å². The van der Waals surface area contributed by atoms with Crippen molar-refractivity contribution in [1.82, 2.24) is 15.5 Å². The fourth-order valence-corrected chi connectivity index (χ4v) is 3.01. The van der Waals surface area contributed by atoms with E-state index in [0.717, 1.165) is 18.1 Å². The van der Waals surface area contributed by atoms with Gasteiger partial charge in [-0.05, 0) is 32.3 Å². The van der Waals surface area contributed by atoms with Crippen molar-refractivity contribution in [2.75, 3.05) is 19.6 Å². The molecule has 5 nitrogen and oxygen atoms in total. The van der Waals surface area contributed by atoms with Crippen LogP contribution in [0.1, 0.15) is 45.1 Å². The van der Waals surface area contributed by atoms with E-state index in [2.05, 4.69) is 15.6 Å². The molecule has 2 N–H and O–H groups in total. The standard InChI is InChI=1S/C19H30N4O.HI/c1-3-20-19(22-17-12-8-9-13-17)21-14-18(24)23(4-2)15-16-10-6-5-7-11-16;/h5-7,10-11,17H,3-4,8-9,12-15H2,1-2H3,(H2,20,21,22);1H. The number of hydrogen-bond acceptors (Lipinski definition) is 2. The number of aliphatic imine (C=N–C) groups is 1. The van der Waals surface area contributed by atoms with Crippen molar-refractivity contribution in [3.05, 3.63) is 35.9 Å². The number of guanidine groups is 1. The van der Waals surface area contributed by atoms with Gasteiger partial charge in [0.1, 0.15) is 6.54 Å². The number of carbonyl (C=O) groups is 1. The lowest BCUT2D eigenvalue weighted by Crippen LogP contribution is -2.43. The van der Waals surface area contributed by atoms with Crippen LogP contribution >= 0.6 is 24.0 Å². The van der Waals surface area contributed by atoms with Crippen molar-refractivity contribution in [3.8, 4) is 0 Å². The number of nitrogens with zero attached hydrogens (tertiary/aromatic N) is 2. The van der Waals surface area contributed by atoms with Crippen LogP contribution in [0.25, 0.3) is 0 Å². The van der Waals surface area contributed by atoms with Crippen molar-refractivity contribution in [2.45, 2.75) is 52.1 Å². The van der Waals surface area contributed by atoms with E-state index in [4.69, 9.17) is 0 Å². The Bertz CT molecular complexity index is 529. The third-order valence-corrected chi connectivity index (χ3v) is 4.36. The minimum Gasteiger partial charge on any atom is -0.357 e. The summed E-state index contributed by atoms with van der Waals surface area (Å²) in [5.41, 5.74) is 1.15. The first-order chi connectivity index (χ1) is 11.7. The second kappa shape index (κ2) is 12.1. The molecule has 1 amide bonds. The van der Waals surface area contributed by atoms with Gasteiger partial charge in [0.15, 0.2) is 5.96 Å². The zero-order valence-corrected chi connectivity index (χ0v) is 17.7. The fourth-order valence-electron chi connectivity index (χ4n) is 3.01. The van der Waals surface area contributed by atoms with E-state index >= 15 is 0 Å². The molecule has 1 aliphatic carbocycles. The molecular formula is C19H31IN4O. The highest BCUT2D eigenvalue weighted by atomic mass is 127. The summed E-state index contributed by atoms with van der Waals surface area (Å²) in [5, 5.41) is 6.69. The Hall–Kier alpha value is -1.31. The van der Waals surface area contributed by atoms with Crippen LogP contribution in [0, 0.1) is 0 Å². The van der Waals surface area contributed by atoms with Crippen molar-refractivity contribution in [1.29, 1.82) is 0 Å². The van der Waals surface area contributed by atoms with E-state index in [0.29, 0.717) is 19.1 Å². The molecule has 0 bridgehead atoms. The second-order valence-electron chi connectivity index (χ2n) is 6.21. The van der Waals surface area contributed by atoms with Gasteiger partial charge in [0, 0.05) is 25.7 Å². The molecule has 0 unspecified atom stereocenters. The number of carbonyl (C=O) groups excluding carboxylic acids is 1. The highest BCUT2D eigenvalue weighted by molar-refractivity contribution is 14.0. The topological polar surface area (TPSA) is 56.7 Å². The van der Waals surface area contributed by atoms with Crippen LogP contribution < -0.4 is 10.6 Å². The first-order valence-corrected chi connectivity index (χ1v) is 9.09. The maximum absolute atomic E-state index is 12.5. The number of rotatable bonds is 7. The summed E-state index contributed by atoms with van der Waals surface area (Å²) in [6.07, 6.45) is 4.92. The monoisotopic (exact) mass is 458 g/mol. The van der Waals surface area contributed by atoms with Gasteiger partial charge in [-0.3, -0.25) is 4.79 Å². The maximum atomic E-state index is 12.5. The molecular weight excluding hydrogens is 427 g/mol. The van der Waals surface area contributed by atoms with Gasteiger partial charge in [-0.2, -0.15) is 0 Å². The average molecular weight is 458 g/mol. The Balaban J connectivity index is 0.00000312. The predicted molar refractivity (Wildman–Crippen MR) is 114 cm³/mol. The molecule has 0 heterocycles. The van der Waals surface area contributed by atoms with Gasteiger partial charge >= 0.3 is 0 Å². The zero-order valence-electron chi connectivity index (χ0n) is 15.3. The van der Waals surface area contributed by atoms with E-state index in [1.807, 2.05) is 49.1 Å². The lowest BCUT2D eigenvalue weighted by atomic mass is 10.2. The average Bonchev–Trinajstić information content (AvgIpc) is 3.11. The summed E-state index contributed by atoms with van der Waals surface area (Å²) in [7, 11) is 0. The van der Waals surface area contributed by atoms with Crippen LogP contribution in [0.3, 0.4) is 0 Å². The van der Waals surface area contributed by atoms with Gasteiger partial charge in [-0.15, -0.1) is 24.0 Å². The van der Waals surface area contributed by atoms with E-state index in [1.165, 1.54) is 25.7 Å². The summed E-state index contributed by atoms with van der Waals surface area (Å²) >= 11 is 0. The van der Waals surface area contributed by atoms with Crippen LogP contribution in [0.5, 0.6) is 0 Å². The molecule has 1 fully saturated rings. The number of hydrogen-bond donors (Lipinski definition) is 2. The molecule has 1 aromatic rings. The van der Waals surface area contributed by atoms with Gasteiger partial charge in [-0.1, -0.05) is 43.2 Å². The maximum Gasteiger partial charge on any atom is 0.244 e. The third-order valence-electron chi connectivity index (χ3n) is 4.36. The SMILES string of the molecule is CCNC(=NCC(=O)N(CC)Cc1ccccc1)NC1CCCC1.I. The molecule has 1 aromatic carbocycles. The quantitative estimate of drug-likeness (QED) is 0.375. The predicted octanol–water partition coefficient (Wildman–Crippen LogP) is 3.15. The highest BCUT2D eigenvalue weighted by Crippen LogP contribution is 2.17. The van der Waals surface area contributed by atoms with Gasteiger partial charge < -0.3 is 15.5 Å². The molecule has 1 saturated carbocycles. The van der Waals surface area contributed by atoms with Gasteiger partial charge in [-0.25, -0.2) is 4.99 Å². The summed E-state index contributed by atoms with van der Waals surface area (Å²) in [6.45, 7) is 6.36. The molecule has 0 aliphatic heterocycles. The zero-order chi connectivity index (χ0) is 17.2. The molecule has 0 radical (unpaired) electrons. The second-order valence-corrected chi connectivity index (χ2v) is 6.21. The Morgan fingerprint density at radius 3 is 2.48 bits per heavy atom. The molecule has 0 atom stereocenters. The first kappa shape index (κ1) is 21.7. The van der Waals surface area contributed by atoms with Gasteiger partial charge in [0.25, 0.3) is 0 Å². The van der Waals surface area contributed by atoms with Crippen molar-refractivity contribution in [3.63, 3.8) is 0 Å². The molecule has 2 rings (SSSR count). The van der Waals surface area contributed by atoms with E-state index < -0.39 is 0 Å². The molecule has 0 aromatic heterocycles. The largest absolute Gasteiger partial charge is 0.357 e.